The zero-order valence-electron chi connectivity index (χ0n) is 4.70. The molecule has 0 unspecified atom stereocenters. The molecule has 0 aromatic carbocycles. The molecule has 0 heterocycles. The highest BCUT2D eigenvalue weighted by atomic mass is 79.9. The third-order valence-corrected chi connectivity index (χ3v) is 0.894. The molecule has 0 aromatic heterocycles. The van der Waals surface area contributed by atoms with Gasteiger partial charge in [-0.2, -0.15) is 8.78 Å². The number of halogens is 3. The van der Waals surface area contributed by atoms with Crippen molar-refractivity contribution in [2.75, 3.05) is 19.7 Å². The van der Waals surface area contributed by atoms with E-state index >= 15 is 0 Å². The summed E-state index contributed by atoms with van der Waals surface area (Å²) < 4.78 is 23.6. The van der Waals surface area contributed by atoms with Gasteiger partial charge in [-0.15, -0.1) is 0 Å². The van der Waals surface area contributed by atoms with Gasteiger partial charge >= 0.3 is 4.83 Å². The van der Waals surface area contributed by atoms with Crippen LogP contribution < -0.4 is 5.32 Å². The normalized spacial score (nSPS) is 12.0. The molecule has 2 N–H and O–H groups in total. The lowest BCUT2D eigenvalue weighted by molar-refractivity contribution is 0.111. The average molecular weight is 204 g/mol. The smallest absolute Gasteiger partial charge is 0.313 e. The van der Waals surface area contributed by atoms with Gasteiger partial charge in [0.25, 0.3) is 0 Å². The maximum absolute atomic E-state index is 11.8. The Morgan fingerprint density at radius 1 is 1.56 bits per heavy atom. The number of aliphatic hydroxyl groups excluding tert-OH is 1. The molecule has 9 heavy (non-hydrogen) atoms. The summed E-state index contributed by atoms with van der Waals surface area (Å²) in [5.41, 5.74) is 0. The fraction of sp³-hybridized carbons (Fsp3) is 1.00. The predicted octanol–water partition coefficient (Wildman–Crippen LogP) is 0.556. The second-order valence-electron chi connectivity index (χ2n) is 1.52. The van der Waals surface area contributed by atoms with Gasteiger partial charge in [-0.1, -0.05) is 0 Å². The van der Waals surface area contributed by atoms with E-state index in [9.17, 15) is 8.78 Å². The van der Waals surface area contributed by atoms with Crippen molar-refractivity contribution in [1.29, 1.82) is 0 Å². The van der Waals surface area contributed by atoms with E-state index in [1.54, 1.807) is 0 Å². The molecule has 0 fully saturated rings. The summed E-state index contributed by atoms with van der Waals surface area (Å²) >= 11 is 2.13. The first-order chi connectivity index (χ1) is 4.06. The first kappa shape index (κ1) is 9.26. The first-order valence-electron chi connectivity index (χ1n) is 2.44. The van der Waals surface area contributed by atoms with Crippen LogP contribution in [0.2, 0.25) is 0 Å². The van der Waals surface area contributed by atoms with Crippen LogP contribution >= 0.6 is 15.9 Å². The fourth-order valence-corrected chi connectivity index (χ4v) is 0.507. The molecule has 0 aliphatic rings. The largest absolute Gasteiger partial charge is 0.395 e. The van der Waals surface area contributed by atoms with Crippen LogP contribution in [-0.4, -0.2) is 29.6 Å². The van der Waals surface area contributed by atoms with E-state index in [4.69, 9.17) is 5.11 Å². The summed E-state index contributed by atoms with van der Waals surface area (Å²) in [7, 11) is 0. The van der Waals surface area contributed by atoms with E-state index in [-0.39, 0.29) is 13.2 Å². The van der Waals surface area contributed by atoms with Crippen molar-refractivity contribution in [3.63, 3.8) is 0 Å². The second kappa shape index (κ2) is 4.14. The second-order valence-corrected chi connectivity index (χ2v) is 2.68. The van der Waals surface area contributed by atoms with Crippen LogP contribution in [0.5, 0.6) is 0 Å². The summed E-state index contributed by atoms with van der Waals surface area (Å²) in [6.07, 6.45) is 0. The Balaban J connectivity index is 3.07. The molecule has 0 rings (SSSR count). The number of aliphatic hydroxyl groups is 1. The molecule has 5 heteroatoms. The van der Waals surface area contributed by atoms with Crippen LogP contribution in [0.1, 0.15) is 0 Å². The lowest BCUT2D eigenvalue weighted by Gasteiger charge is -2.07. The van der Waals surface area contributed by atoms with Crippen LogP contribution in [-0.2, 0) is 0 Å². The van der Waals surface area contributed by atoms with Gasteiger partial charge in [0, 0.05) is 6.54 Å². The molecule has 0 aliphatic carbocycles. The average Bonchev–Trinajstić information content (AvgIpc) is 1.63. The summed E-state index contributed by atoms with van der Waals surface area (Å²) in [6.45, 7) is -0.377. The predicted molar refractivity (Wildman–Crippen MR) is 33.8 cm³/mol. The number of hydrogen-bond acceptors (Lipinski definition) is 2. The number of nitrogens with one attached hydrogen (secondary N) is 1. The van der Waals surface area contributed by atoms with E-state index in [1.165, 1.54) is 0 Å². The Bertz CT molecular complexity index is 75.5. The SMILES string of the molecule is OCCNCC(F)(F)Br. The topological polar surface area (TPSA) is 32.3 Å². The maximum atomic E-state index is 11.8. The molecule has 0 bridgehead atoms. The van der Waals surface area contributed by atoms with Crippen molar-refractivity contribution in [3.8, 4) is 0 Å². The van der Waals surface area contributed by atoms with E-state index in [0.717, 1.165) is 0 Å². The molecule has 0 spiro atoms. The number of rotatable bonds is 4. The van der Waals surface area contributed by atoms with Crippen LogP contribution in [0.4, 0.5) is 8.78 Å². The molecule has 0 saturated carbocycles. The fourth-order valence-electron chi connectivity index (χ4n) is 0.309. The molecule has 0 amide bonds. The van der Waals surface area contributed by atoms with Crippen LogP contribution in [0.3, 0.4) is 0 Å². The van der Waals surface area contributed by atoms with E-state index in [1.807, 2.05) is 0 Å². The van der Waals surface area contributed by atoms with Crippen LogP contribution in [0, 0.1) is 0 Å². The number of hydrogen-bond donors (Lipinski definition) is 2. The molecular weight excluding hydrogens is 196 g/mol. The van der Waals surface area contributed by atoms with Crippen molar-refractivity contribution in [2.45, 2.75) is 4.83 Å². The monoisotopic (exact) mass is 203 g/mol. The molecule has 0 atom stereocenters. The highest BCUT2D eigenvalue weighted by molar-refractivity contribution is 9.10. The van der Waals surface area contributed by atoms with Gasteiger partial charge in [0.1, 0.15) is 0 Å². The molecule has 56 valence electrons. The number of alkyl halides is 3. The Labute approximate surface area is 60.4 Å². The van der Waals surface area contributed by atoms with Gasteiger partial charge in [0.15, 0.2) is 0 Å². The van der Waals surface area contributed by atoms with Gasteiger partial charge in [0.05, 0.1) is 13.2 Å². The van der Waals surface area contributed by atoms with Crippen molar-refractivity contribution in [1.82, 2.24) is 5.32 Å². The zero-order valence-corrected chi connectivity index (χ0v) is 6.29. The standard InChI is InChI=1S/C4H8BrF2NO/c5-4(6,7)3-8-1-2-9/h8-9H,1-3H2. The molecule has 2 nitrogen and oxygen atoms in total. The summed E-state index contributed by atoms with van der Waals surface area (Å²) in [5, 5.41) is 10.5. The third kappa shape index (κ3) is 8.26. The molecule has 0 aliphatic heterocycles. The lowest BCUT2D eigenvalue weighted by Crippen LogP contribution is -2.29. The summed E-state index contributed by atoms with van der Waals surface area (Å²) in [5.74, 6) is 0. The minimum Gasteiger partial charge on any atom is -0.395 e. The van der Waals surface area contributed by atoms with E-state index < -0.39 is 11.4 Å². The Morgan fingerprint density at radius 3 is 2.44 bits per heavy atom. The molecule has 0 aromatic rings. The Morgan fingerprint density at radius 2 is 2.11 bits per heavy atom. The van der Waals surface area contributed by atoms with Crippen molar-refractivity contribution >= 4 is 15.9 Å². The quantitative estimate of drug-likeness (QED) is 0.517. The van der Waals surface area contributed by atoms with E-state index in [2.05, 4.69) is 21.2 Å². The van der Waals surface area contributed by atoms with Gasteiger partial charge in [-0.25, -0.2) is 0 Å². The highest BCUT2D eigenvalue weighted by Crippen LogP contribution is 2.19. The van der Waals surface area contributed by atoms with Gasteiger partial charge in [0.2, 0.25) is 0 Å². The summed E-state index contributed by atoms with van der Waals surface area (Å²) in [4.78, 5) is -2.86. The van der Waals surface area contributed by atoms with Crippen molar-refractivity contribution in [2.24, 2.45) is 0 Å². The Kier molecular flexibility index (Phi) is 4.26. The van der Waals surface area contributed by atoms with Crippen LogP contribution in [0.15, 0.2) is 0 Å². The maximum Gasteiger partial charge on any atom is 0.313 e. The lowest BCUT2D eigenvalue weighted by atomic mass is 10.6. The third-order valence-electron chi connectivity index (χ3n) is 0.614. The van der Waals surface area contributed by atoms with Gasteiger partial charge < -0.3 is 10.4 Å². The molecular formula is C4H8BrF2NO. The zero-order chi connectivity index (χ0) is 7.33. The van der Waals surface area contributed by atoms with E-state index in [0.29, 0.717) is 0 Å². The van der Waals surface area contributed by atoms with Crippen LogP contribution in [0.25, 0.3) is 0 Å². The Hall–Kier alpha value is 0.260. The van der Waals surface area contributed by atoms with Crippen molar-refractivity contribution < 1.29 is 13.9 Å². The van der Waals surface area contributed by atoms with Gasteiger partial charge in [-0.3, -0.25) is 0 Å². The first-order valence-corrected chi connectivity index (χ1v) is 3.24. The summed E-state index contributed by atoms with van der Waals surface area (Å²) in [6, 6.07) is 0. The minimum atomic E-state index is -2.86. The molecule has 0 radical (unpaired) electrons. The minimum absolute atomic E-state index is 0.122. The highest BCUT2D eigenvalue weighted by Gasteiger charge is 2.22. The molecule has 0 saturated heterocycles. The van der Waals surface area contributed by atoms with Crippen molar-refractivity contribution in [3.05, 3.63) is 0 Å². The van der Waals surface area contributed by atoms with Gasteiger partial charge in [-0.05, 0) is 15.9 Å².